The predicted octanol–water partition coefficient (Wildman–Crippen LogP) is 2.16. The van der Waals surface area contributed by atoms with Crippen LogP contribution in [0.25, 0.3) is 11.0 Å². The number of benzene rings is 1. The van der Waals surface area contributed by atoms with Crippen molar-refractivity contribution in [3.63, 3.8) is 0 Å². The Morgan fingerprint density at radius 2 is 2.06 bits per heavy atom. The zero-order chi connectivity index (χ0) is 12.5. The number of amides is 1. The van der Waals surface area contributed by atoms with Gasteiger partial charge in [-0.1, -0.05) is 12.1 Å². The molecule has 18 heavy (non-hydrogen) atoms. The van der Waals surface area contributed by atoms with E-state index < -0.39 is 0 Å². The largest absolute Gasteiger partial charge is 0.348 e. The van der Waals surface area contributed by atoms with E-state index in [1.165, 1.54) is 19.0 Å². The topological polar surface area (TPSA) is 54.9 Å². The molecule has 1 amide bonds. The second-order valence-electron chi connectivity index (χ2n) is 4.84. The van der Waals surface area contributed by atoms with Crippen molar-refractivity contribution in [3.05, 3.63) is 36.2 Å². The molecule has 1 N–H and O–H groups in total. The van der Waals surface area contributed by atoms with Crippen LogP contribution < -0.4 is 5.32 Å². The Hall–Kier alpha value is -1.97. The van der Waals surface area contributed by atoms with Gasteiger partial charge in [0, 0.05) is 6.04 Å². The van der Waals surface area contributed by atoms with Crippen LogP contribution in [0, 0.1) is 5.92 Å². The van der Waals surface area contributed by atoms with E-state index >= 15 is 0 Å². The lowest BCUT2D eigenvalue weighted by Crippen LogP contribution is -2.34. The van der Waals surface area contributed by atoms with Crippen LogP contribution in [-0.2, 0) is 0 Å². The zero-order valence-corrected chi connectivity index (χ0v) is 10.3. The first-order chi connectivity index (χ1) is 8.74. The van der Waals surface area contributed by atoms with Gasteiger partial charge in [-0.3, -0.25) is 9.78 Å². The van der Waals surface area contributed by atoms with Gasteiger partial charge in [-0.25, -0.2) is 4.98 Å². The zero-order valence-electron chi connectivity index (χ0n) is 10.3. The van der Waals surface area contributed by atoms with Crippen LogP contribution in [0.3, 0.4) is 0 Å². The number of para-hydroxylation sites is 2. The summed E-state index contributed by atoms with van der Waals surface area (Å²) in [7, 11) is 0. The maximum atomic E-state index is 12.0. The molecule has 0 unspecified atom stereocenters. The van der Waals surface area contributed by atoms with E-state index in [0.29, 0.717) is 11.6 Å². The van der Waals surface area contributed by atoms with Crippen LogP contribution in [0.1, 0.15) is 30.3 Å². The third kappa shape index (κ3) is 2.18. The SMILES string of the molecule is C[C@@H](NC(=O)c1cnc2ccccc2n1)C1CC1. The van der Waals surface area contributed by atoms with Crippen molar-refractivity contribution in [1.29, 1.82) is 0 Å². The number of hydrogen-bond donors (Lipinski definition) is 1. The lowest BCUT2D eigenvalue weighted by atomic mass is 10.2. The molecular weight excluding hydrogens is 226 g/mol. The summed E-state index contributed by atoms with van der Waals surface area (Å²) in [6.45, 7) is 2.05. The molecule has 0 spiro atoms. The molecular formula is C14H15N3O. The summed E-state index contributed by atoms with van der Waals surface area (Å²) in [5.41, 5.74) is 1.95. The maximum Gasteiger partial charge on any atom is 0.271 e. The highest BCUT2D eigenvalue weighted by atomic mass is 16.1. The summed E-state index contributed by atoms with van der Waals surface area (Å²) in [5, 5.41) is 2.98. The molecule has 1 aromatic carbocycles. The standard InChI is InChI=1S/C14H15N3O/c1-9(10-6-7-10)16-14(18)13-8-15-11-4-2-3-5-12(11)17-13/h2-5,8-10H,6-7H2,1H3,(H,16,18)/t9-/m1/s1. The van der Waals surface area contributed by atoms with E-state index in [1.807, 2.05) is 31.2 Å². The summed E-state index contributed by atoms with van der Waals surface area (Å²) >= 11 is 0. The highest BCUT2D eigenvalue weighted by molar-refractivity contribution is 5.93. The van der Waals surface area contributed by atoms with Crippen molar-refractivity contribution in [2.24, 2.45) is 5.92 Å². The molecule has 1 heterocycles. The maximum absolute atomic E-state index is 12.0. The van der Waals surface area contributed by atoms with Gasteiger partial charge >= 0.3 is 0 Å². The average molecular weight is 241 g/mol. The molecule has 0 bridgehead atoms. The van der Waals surface area contributed by atoms with Gasteiger partial charge in [-0.05, 0) is 37.8 Å². The molecule has 3 rings (SSSR count). The molecule has 4 nitrogen and oxygen atoms in total. The smallest absolute Gasteiger partial charge is 0.271 e. The van der Waals surface area contributed by atoms with Crippen molar-refractivity contribution in [2.75, 3.05) is 0 Å². The van der Waals surface area contributed by atoms with E-state index in [4.69, 9.17) is 0 Å². The molecule has 1 saturated carbocycles. The molecule has 4 heteroatoms. The quantitative estimate of drug-likeness (QED) is 0.895. The van der Waals surface area contributed by atoms with Crippen LogP contribution in [0.4, 0.5) is 0 Å². The number of nitrogens with zero attached hydrogens (tertiary/aromatic N) is 2. The number of carbonyl (C=O) groups excluding carboxylic acids is 1. The molecule has 0 aliphatic heterocycles. The van der Waals surface area contributed by atoms with E-state index in [9.17, 15) is 4.79 Å². The van der Waals surface area contributed by atoms with Gasteiger partial charge in [0.1, 0.15) is 5.69 Å². The number of rotatable bonds is 3. The predicted molar refractivity (Wildman–Crippen MR) is 69.2 cm³/mol. The Kier molecular flexibility index (Phi) is 2.70. The number of fused-ring (bicyclic) bond motifs is 1. The summed E-state index contributed by atoms with van der Waals surface area (Å²) in [5.74, 6) is 0.509. The van der Waals surface area contributed by atoms with Crippen LogP contribution >= 0.6 is 0 Å². The van der Waals surface area contributed by atoms with Crippen LogP contribution in [0.15, 0.2) is 30.5 Å². The fourth-order valence-corrected chi connectivity index (χ4v) is 2.06. The van der Waals surface area contributed by atoms with E-state index in [1.54, 1.807) is 0 Å². The Bertz CT molecular complexity index is 592. The first kappa shape index (κ1) is 11.1. The highest BCUT2D eigenvalue weighted by Gasteiger charge is 2.29. The van der Waals surface area contributed by atoms with Crippen LogP contribution in [-0.4, -0.2) is 21.9 Å². The number of carbonyl (C=O) groups is 1. The van der Waals surface area contributed by atoms with Gasteiger partial charge in [0.15, 0.2) is 0 Å². The first-order valence-electron chi connectivity index (χ1n) is 6.27. The summed E-state index contributed by atoms with van der Waals surface area (Å²) in [6, 6.07) is 7.78. The Labute approximate surface area is 105 Å². The normalized spacial score (nSPS) is 16.5. The molecule has 92 valence electrons. The number of aromatic nitrogens is 2. The van der Waals surface area contributed by atoms with Gasteiger partial charge in [0.25, 0.3) is 5.91 Å². The first-order valence-corrected chi connectivity index (χ1v) is 6.27. The highest BCUT2D eigenvalue weighted by Crippen LogP contribution is 2.32. The summed E-state index contributed by atoms with van der Waals surface area (Å²) in [6.07, 6.45) is 3.97. The van der Waals surface area contributed by atoms with Gasteiger partial charge < -0.3 is 5.32 Å². The minimum absolute atomic E-state index is 0.132. The Morgan fingerprint density at radius 3 is 2.78 bits per heavy atom. The molecule has 1 atom stereocenters. The second kappa shape index (κ2) is 4.37. The Morgan fingerprint density at radius 1 is 1.33 bits per heavy atom. The average Bonchev–Trinajstić information content (AvgIpc) is 3.22. The molecule has 1 aliphatic carbocycles. The van der Waals surface area contributed by atoms with Gasteiger partial charge in [-0.2, -0.15) is 0 Å². The fourth-order valence-electron chi connectivity index (χ4n) is 2.06. The van der Waals surface area contributed by atoms with Gasteiger partial charge in [0.05, 0.1) is 17.2 Å². The monoisotopic (exact) mass is 241 g/mol. The number of hydrogen-bond acceptors (Lipinski definition) is 3. The van der Waals surface area contributed by atoms with Crippen LogP contribution in [0.5, 0.6) is 0 Å². The van der Waals surface area contributed by atoms with Crippen LogP contribution in [0.2, 0.25) is 0 Å². The lowest BCUT2D eigenvalue weighted by molar-refractivity contribution is 0.0931. The van der Waals surface area contributed by atoms with Crippen molar-refractivity contribution < 1.29 is 4.79 Å². The molecule has 0 saturated heterocycles. The summed E-state index contributed by atoms with van der Waals surface area (Å²) < 4.78 is 0. The molecule has 2 aromatic rings. The van der Waals surface area contributed by atoms with E-state index in [2.05, 4.69) is 15.3 Å². The third-order valence-corrected chi connectivity index (χ3v) is 3.37. The lowest BCUT2D eigenvalue weighted by Gasteiger charge is -2.12. The molecule has 1 fully saturated rings. The van der Waals surface area contributed by atoms with Gasteiger partial charge in [-0.15, -0.1) is 0 Å². The van der Waals surface area contributed by atoms with Crippen molar-refractivity contribution in [1.82, 2.24) is 15.3 Å². The molecule has 1 aromatic heterocycles. The van der Waals surface area contributed by atoms with E-state index in [0.717, 1.165) is 11.0 Å². The minimum Gasteiger partial charge on any atom is -0.348 e. The summed E-state index contributed by atoms with van der Waals surface area (Å²) in [4.78, 5) is 20.6. The fraction of sp³-hybridized carbons (Fsp3) is 0.357. The molecule has 1 aliphatic rings. The minimum atomic E-state index is -0.132. The number of nitrogens with one attached hydrogen (secondary N) is 1. The second-order valence-corrected chi connectivity index (χ2v) is 4.84. The van der Waals surface area contributed by atoms with Crippen molar-refractivity contribution in [2.45, 2.75) is 25.8 Å². The third-order valence-electron chi connectivity index (χ3n) is 3.37. The van der Waals surface area contributed by atoms with Crippen molar-refractivity contribution >= 4 is 16.9 Å². The van der Waals surface area contributed by atoms with E-state index in [-0.39, 0.29) is 11.9 Å². The van der Waals surface area contributed by atoms with Gasteiger partial charge in [0.2, 0.25) is 0 Å². The Balaban J connectivity index is 1.82. The van der Waals surface area contributed by atoms with Crippen molar-refractivity contribution in [3.8, 4) is 0 Å². The molecule has 0 radical (unpaired) electrons.